The minimum Gasteiger partial charge on any atom is -0.360 e. The largest absolute Gasteiger partial charge is 0.360 e. The zero-order valence-electron chi connectivity index (χ0n) is 18.9. The molecular weight excluding hydrogens is 340 g/mol. The van der Waals surface area contributed by atoms with Gasteiger partial charge in [-0.3, -0.25) is 0 Å². The zero-order valence-corrected chi connectivity index (χ0v) is 18.9. The van der Waals surface area contributed by atoms with Gasteiger partial charge in [-0.2, -0.15) is 0 Å². The van der Waals surface area contributed by atoms with Crippen LogP contribution in [0, 0.1) is 0 Å². The summed E-state index contributed by atoms with van der Waals surface area (Å²) in [6, 6.07) is 13.3. The van der Waals surface area contributed by atoms with Gasteiger partial charge in [0.15, 0.2) is 0 Å². The van der Waals surface area contributed by atoms with Gasteiger partial charge in [0.1, 0.15) is 0 Å². The van der Waals surface area contributed by atoms with Gasteiger partial charge in [-0.25, -0.2) is 0 Å². The molecule has 0 unspecified atom stereocenters. The van der Waals surface area contributed by atoms with Crippen LogP contribution in [0.15, 0.2) is 48.8 Å². The van der Waals surface area contributed by atoms with Crippen LogP contribution in [-0.2, 0) is 0 Å². The molecule has 2 rings (SSSR count). The Balaban J connectivity index is 2.29. The minimum atomic E-state index is 0.483. The second-order valence-electron chi connectivity index (χ2n) is 8.86. The van der Waals surface area contributed by atoms with Crippen molar-refractivity contribution in [3.63, 3.8) is 0 Å². The molecule has 2 heteroatoms. The molecule has 0 radical (unpaired) electrons. The molecule has 0 spiro atoms. The predicted molar refractivity (Wildman–Crippen MR) is 126 cm³/mol. The number of hydrogen-bond donors (Lipinski definition) is 2. The van der Waals surface area contributed by atoms with E-state index in [2.05, 4.69) is 102 Å². The number of hydrogen-bond acceptors (Lipinski definition) is 2. The van der Waals surface area contributed by atoms with Gasteiger partial charge in [0.05, 0.1) is 0 Å². The molecule has 0 aromatic heterocycles. The number of benzene rings is 2. The molecule has 0 amide bonds. The molecule has 2 nitrogen and oxygen atoms in total. The zero-order chi connectivity index (χ0) is 20.8. The lowest BCUT2D eigenvalue weighted by atomic mass is 9.92. The summed E-state index contributed by atoms with van der Waals surface area (Å²) in [5, 5.41) is 7.14. The van der Waals surface area contributed by atoms with Crippen LogP contribution >= 0.6 is 0 Å². The van der Waals surface area contributed by atoms with Crippen molar-refractivity contribution in [2.24, 2.45) is 0 Å². The number of rotatable bonds is 8. The minimum absolute atomic E-state index is 0.483. The van der Waals surface area contributed by atoms with E-state index < -0.39 is 0 Å². The van der Waals surface area contributed by atoms with Crippen molar-refractivity contribution in [1.82, 2.24) is 0 Å². The van der Waals surface area contributed by atoms with Gasteiger partial charge in [0, 0.05) is 23.8 Å². The number of nitrogens with one attached hydrogen (secondary N) is 2. The molecule has 2 aromatic rings. The van der Waals surface area contributed by atoms with E-state index in [0.29, 0.717) is 23.7 Å². The topological polar surface area (TPSA) is 24.1 Å². The van der Waals surface area contributed by atoms with Crippen molar-refractivity contribution < 1.29 is 0 Å². The van der Waals surface area contributed by atoms with E-state index in [1.807, 2.05) is 12.4 Å². The molecule has 0 saturated carbocycles. The number of anilines is 2. The molecular formula is C26H38N2. The third-order valence-electron chi connectivity index (χ3n) is 5.28. The van der Waals surface area contributed by atoms with Gasteiger partial charge in [-0.1, -0.05) is 91.8 Å². The molecule has 0 saturated heterocycles. The highest BCUT2D eigenvalue weighted by Gasteiger charge is 2.14. The number of para-hydroxylation sites is 2. The second kappa shape index (κ2) is 9.82. The summed E-state index contributed by atoms with van der Waals surface area (Å²) < 4.78 is 0. The molecule has 0 aliphatic rings. The molecule has 0 bridgehead atoms. The Morgan fingerprint density at radius 3 is 0.964 bits per heavy atom. The van der Waals surface area contributed by atoms with Crippen LogP contribution in [0.3, 0.4) is 0 Å². The first-order chi connectivity index (χ1) is 13.2. The lowest BCUT2D eigenvalue weighted by Crippen LogP contribution is -2.05. The van der Waals surface area contributed by atoms with Crippen molar-refractivity contribution in [2.75, 3.05) is 10.6 Å². The Labute approximate surface area is 172 Å². The summed E-state index contributed by atoms with van der Waals surface area (Å²) in [5.74, 6) is 1.93. The van der Waals surface area contributed by atoms with E-state index >= 15 is 0 Å². The molecule has 0 atom stereocenters. The monoisotopic (exact) mass is 378 g/mol. The SMILES string of the molecule is CC(C)c1cccc(C(C)C)c1N/C=C\Nc1c(C(C)C)cccc1C(C)C. The van der Waals surface area contributed by atoms with Crippen molar-refractivity contribution in [3.8, 4) is 0 Å². The van der Waals surface area contributed by atoms with Gasteiger partial charge < -0.3 is 10.6 Å². The van der Waals surface area contributed by atoms with E-state index in [-0.39, 0.29) is 0 Å². The van der Waals surface area contributed by atoms with E-state index in [1.165, 1.54) is 33.6 Å². The summed E-state index contributed by atoms with van der Waals surface area (Å²) in [4.78, 5) is 0. The fraction of sp³-hybridized carbons (Fsp3) is 0.462. The molecule has 0 aliphatic carbocycles. The lowest BCUT2D eigenvalue weighted by molar-refractivity contribution is 0.837. The maximum absolute atomic E-state index is 3.57. The third-order valence-corrected chi connectivity index (χ3v) is 5.28. The van der Waals surface area contributed by atoms with Crippen molar-refractivity contribution in [1.29, 1.82) is 0 Å². The highest BCUT2D eigenvalue weighted by atomic mass is 14.9. The standard InChI is InChI=1S/C26H38N2/c1-17(2)21-11-9-12-22(18(3)4)25(21)27-15-16-28-26-23(19(5)6)13-10-14-24(26)20(7)8/h9-20,27-28H,1-8H3/b16-15-. The van der Waals surface area contributed by atoms with E-state index in [9.17, 15) is 0 Å². The van der Waals surface area contributed by atoms with Gasteiger partial charge in [-0.15, -0.1) is 0 Å². The average molecular weight is 379 g/mol. The average Bonchev–Trinajstić information content (AvgIpc) is 2.64. The Hall–Kier alpha value is -2.22. The fourth-order valence-electron chi connectivity index (χ4n) is 3.69. The first kappa shape index (κ1) is 22.1. The third kappa shape index (κ3) is 5.19. The fourth-order valence-corrected chi connectivity index (χ4v) is 3.69. The highest BCUT2D eigenvalue weighted by Crippen LogP contribution is 2.34. The summed E-state index contributed by atoms with van der Waals surface area (Å²) >= 11 is 0. The molecule has 0 fully saturated rings. The van der Waals surface area contributed by atoms with Crippen LogP contribution in [-0.4, -0.2) is 0 Å². The van der Waals surface area contributed by atoms with Crippen molar-refractivity contribution in [2.45, 2.75) is 79.1 Å². The van der Waals surface area contributed by atoms with E-state index in [1.54, 1.807) is 0 Å². The van der Waals surface area contributed by atoms with Crippen LogP contribution in [0.25, 0.3) is 0 Å². The summed E-state index contributed by atoms with van der Waals surface area (Å²) in [6.45, 7) is 18.0. The summed E-state index contributed by atoms with van der Waals surface area (Å²) in [6.07, 6.45) is 4.07. The summed E-state index contributed by atoms with van der Waals surface area (Å²) in [5.41, 5.74) is 7.93. The Morgan fingerprint density at radius 2 is 0.750 bits per heavy atom. The first-order valence-electron chi connectivity index (χ1n) is 10.7. The first-order valence-corrected chi connectivity index (χ1v) is 10.7. The maximum atomic E-state index is 3.57. The Morgan fingerprint density at radius 1 is 0.500 bits per heavy atom. The van der Waals surface area contributed by atoms with Gasteiger partial charge in [0.2, 0.25) is 0 Å². The van der Waals surface area contributed by atoms with Crippen molar-refractivity contribution >= 4 is 11.4 Å². The maximum Gasteiger partial charge on any atom is 0.0450 e. The highest BCUT2D eigenvalue weighted by molar-refractivity contribution is 5.63. The Kier molecular flexibility index (Phi) is 7.74. The normalized spacial score (nSPS) is 12.0. The summed E-state index contributed by atoms with van der Waals surface area (Å²) in [7, 11) is 0. The van der Waals surface area contributed by atoms with Crippen LogP contribution in [0.4, 0.5) is 11.4 Å². The molecule has 0 heterocycles. The van der Waals surface area contributed by atoms with Crippen LogP contribution in [0.5, 0.6) is 0 Å². The Bertz CT molecular complexity index is 678. The van der Waals surface area contributed by atoms with Gasteiger partial charge in [0.25, 0.3) is 0 Å². The van der Waals surface area contributed by atoms with Crippen LogP contribution in [0.2, 0.25) is 0 Å². The molecule has 2 aromatic carbocycles. The second-order valence-corrected chi connectivity index (χ2v) is 8.86. The predicted octanol–water partition coefficient (Wildman–Crippen LogP) is 8.18. The van der Waals surface area contributed by atoms with Crippen molar-refractivity contribution in [3.05, 3.63) is 71.1 Å². The lowest BCUT2D eigenvalue weighted by Gasteiger charge is -2.20. The van der Waals surface area contributed by atoms with E-state index in [4.69, 9.17) is 0 Å². The molecule has 28 heavy (non-hydrogen) atoms. The van der Waals surface area contributed by atoms with Gasteiger partial charge >= 0.3 is 0 Å². The molecule has 2 N–H and O–H groups in total. The van der Waals surface area contributed by atoms with E-state index in [0.717, 1.165) is 0 Å². The smallest absolute Gasteiger partial charge is 0.0450 e. The quantitative estimate of drug-likeness (QED) is 0.484. The van der Waals surface area contributed by atoms with Gasteiger partial charge in [-0.05, 0) is 45.9 Å². The molecule has 0 aliphatic heterocycles. The molecule has 152 valence electrons. The van der Waals surface area contributed by atoms with Crippen LogP contribution in [0.1, 0.15) is 101 Å². The van der Waals surface area contributed by atoms with Crippen LogP contribution < -0.4 is 10.6 Å².